The highest BCUT2D eigenvalue weighted by atomic mass is 32.2. The van der Waals surface area contributed by atoms with E-state index in [4.69, 9.17) is 10.00 Å². The molecule has 2 aromatic carbocycles. The van der Waals surface area contributed by atoms with Gasteiger partial charge in [0.2, 0.25) is 0 Å². The molecular formula is C22H19N5O4S. The van der Waals surface area contributed by atoms with Gasteiger partial charge in [0.1, 0.15) is 18.4 Å². The number of amides is 1. The van der Waals surface area contributed by atoms with E-state index in [1.165, 1.54) is 30.7 Å². The molecular weight excluding hydrogens is 430 g/mol. The van der Waals surface area contributed by atoms with Crippen LogP contribution in [-0.2, 0) is 14.8 Å². The number of ether oxygens (including phenoxy) is 1. The molecule has 0 fully saturated rings. The zero-order chi connectivity index (χ0) is 22.8. The van der Waals surface area contributed by atoms with Crippen LogP contribution in [0.1, 0.15) is 5.56 Å². The molecule has 162 valence electrons. The van der Waals surface area contributed by atoms with Crippen molar-refractivity contribution in [1.29, 1.82) is 5.26 Å². The molecule has 0 spiro atoms. The first kappa shape index (κ1) is 22.5. The molecule has 0 radical (unpaired) electrons. The number of rotatable bonds is 9. The van der Waals surface area contributed by atoms with Crippen molar-refractivity contribution in [2.45, 2.75) is 4.90 Å². The minimum Gasteiger partial charge on any atom is -0.479 e. The summed E-state index contributed by atoms with van der Waals surface area (Å²) in [4.78, 5) is 16.5. The molecule has 0 aliphatic rings. The van der Waals surface area contributed by atoms with Gasteiger partial charge < -0.3 is 4.74 Å². The number of benzene rings is 2. The number of hydrogen-bond donors (Lipinski definition) is 1. The molecule has 0 saturated carbocycles. The van der Waals surface area contributed by atoms with Crippen LogP contribution in [0.25, 0.3) is 0 Å². The first-order chi connectivity index (χ1) is 15.5. The third-order valence-corrected chi connectivity index (χ3v) is 5.93. The molecule has 32 heavy (non-hydrogen) atoms. The van der Waals surface area contributed by atoms with E-state index in [2.05, 4.69) is 15.5 Å². The van der Waals surface area contributed by atoms with Gasteiger partial charge in [-0.2, -0.15) is 10.4 Å². The predicted octanol–water partition coefficient (Wildman–Crippen LogP) is 2.33. The average molecular weight is 449 g/mol. The number of hydrazone groups is 1. The summed E-state index contributed by atoms with van der Waals surface area (Å²) in [5, 5.41) is 12.4. The zero-order valence-electron chi connectivity index (χ0n) is 16.8. The Hall–Kier alpha value is -4.23. The van der Waals surface area contributed by atoms with Crippen molar-refractivity contribution < 1.29 is 17.9 Å². The van der Waals surface area contributed by atoms with Crippen molar-refractivity contribution in [1.82, 2.24) is 10.4 Å². The Balaban J connectivity index is 1.71. The van der Waals surface area contributed by atoms with E-state index in [0.717, 1.165) is 4.31 Å². The third kappa shape index (κ3) is 5.90. The molecule has 0 unspecified atom stereocenters. The number of carbonyl (C=O) groups excluding carboxylic acids is 1. The van der Waals surface area contributed by atoms with Gasteiger partial charge in [0.05, 0.1) is 23.0 Å². The monoisotopic (exact) mass is 449 g/mol. The van der Waals surface area contributed by atoms with E-state index in [-0.39, 0.29) is 17.2 Å². The van der Waals surface area contributed by atoms with E-state index >= 15 is 0 Å². The van der Waals surface area contributed by atoms with E-state index < -0.39 is 22.5 Å². The van der Waals surface area contributed by atoms with Crippen LogP contribution in [0.15, 0.2) is 89.1 Å². The summed E-state index contributed by atoms with van der Waals surface area (Å²) >= 11 is 0. The second-order valence-electron chi connectivity index (χ2n) is 6.34. The van der Waals surface area contributed by atoms with Crippen LogP contribution in [0, 0.1) is 11.3 Å². The third-order valence-electron chi connectivity index (χ3n) is 4.14. The molecule has 3 aromatic rings. The van der Waals surface area contributed by atoms with Crippen molar-refractivity contribution in [2.24, 2.45) is 5.10 Å². The Labute approximate surface area is 185 Å². The number of nitrogens with zero attached hydrogens (tertiary/aromatic N) is 4. The fraction of sp³-hybridized carbons (Fsp3) is 0.0909. The summed E-state index contributed by atoms with van der Waals surface area (Å²) in [7, 11) is -4.00. The largest absolute Gasteiger partial charge is 0.479 e. The van der Waals surface area contributed by atoms with Crippen molar-refractivity contribution in [2.75, 3.05) is 17.5 Å². The molecule has 10 heteroatoms. The van der Waals surface area contributed by atoms with Crippen LogP contribution in [-0.4, -0.2) is 38.7 Å². The van der Waals surface area contributed by atoms with Gasteiger partial charge in [0.25, 0.3) is 15.9 Å². The number of hydrogen-bond acceptors (Lipinski definition) is 7. The van der Waals surface area contributed by atoms with Gasteiger partial charge in [0, 0.05) is 6.20 Å². The van der Waals surface area contributed by atoms with Gasteiger partial charge in [-0.05, 0) is 54.1 Å². The van der Waals surface area contributed by atoms with Crippen LogP contribution < -0.4 is 14.5 Å². The summed E-state index contributed by atoms with van der Waals surface area (Å²) in [6.45, 7) is -0.538. The number of nitriles is 1. The lowest BCUT2D eigenvalue weighted by Crippen LogP contribution is -2.39. The normalized spacial score (nSPS) is 11.0. The molecule has 0 atom stereocenters. The van der Waals surface area contributed by atoms with Crippen molar-refractivity contribution >= 4 is 27.8 Å². The van der Waals surface area contributed by atoms with Crippen molar-refractivity contribution in [3.8, 4) is 11.8 Å². The highest BCUT2D eigenvalue weighted by molar-refractivity contribution is 7.92. The number of pyridine rings is 1. The fourth-order valence-corrected chi connectivity index (χ4v) is 4.07. The molecule has 0 aliphatic heterocycles. The first-order valence-corrected chi connectivity index (χ1v) is 10.8. The second-order valence-corrected chi connectivity index (χ2v) is 8.21. The SMILES string of the molecule is N#CCOc1ccc(/C=N\NC(=O)CN(c2cccnc2)S(=O)(=O)c2ccccc2)cc1. The van der Waals surface area contributed by atoms with Gasteiger partial charge >= 0.3 is 0 Å². The lowest BCUT2D eigenvalue weighted by molar-refractivity contribution is -0.119. The second kappa shape index (κ2) is 10.7. The topological polar surface area (TPSA) is 125 Å². The Morgan fingerprint density at radius 3 is 2.53 bits per heavy atom. The summed E-state index contributed by atoms with van der Waals surface area (Å²) < 4.78 is 32.4. The molecule has 1 amide bonds. The maximum Gasteiger partial charge on any atom is 0.264 e. The predicted molar refractivity (Wildman–Crippen MR) is 118 cm³/mol. The molecule has 0 aliphatic carbocycles. The van der Waals surface area contributed by atoms with Crippen LogP contribution in [0.2, 0.25) is 0 Å². The van der Waals surface area contributed by atoms with E-state index in [0.29, 0.717) is 11.3 Å². The minimum absolute atomic E-state index is 0.0528. The fourth-order valence-electron chi connectivity index (χ4n) is 2.65. The Kier molecular flexibility index (Phi) is 7.51. The highest BCUT2D eigenvalue weighted by Gasteiger charge is 2.27. The summed E-state index contributed by atoms with van der Waals surface area (Å²) in [6.07, 6.45) is 4.29. The van der Waals surface area contributed by atoms with E-state index in [9.17, 15) is 13.2 Å². The maximum absolute atomic E-state index is 13.1. The van der Waals surface area contributed by atoms with Crippen LogP contribution in [0.5, 0.6) is 5.75 Å². The number of nitrogens with one attached hydrogen (secondary N) is 1. The number of carbonyl (C=O) groups is 1. The van der Waals surface area contributed by atoms with Crippen LogP contribution in [0.4, 0.5) is 5.69 Å². The number of anilines is 1. The number of sulfonamides is 1. The van der Waals surface area contributed by atoms with Crippen LogP contribution >= 0.6 is 0 Å². The molecule has 1 heterocycles. The Morgan fingerprint density at radius 2 is 1.88 bits per heavy atom. The van der Waals surface area contributed by atoms with Gasteiger partial charge in [-0.1, -0.05) is 18.2 Å². The van der Waals surface area contributed by atoms with Crippen LogP contribution in [0.3, 0.4) is 0 Å². The summed E-state index contributed by atoms with van der Waals surface area (Å²) in [5.74, 6) is -0.0930. The van der Waals surface area contributed by atoms with Gasteiger partial charge in [-0.15, -0.1) is 0 Å². The molecule has 3 rings (SSSR count). The maximum atomic E-state index is 13.1. The lowest BCUT2D eigenvalue weighted by atomic mass is 10.2. The quantitative estimate of drug-likeness (QED) is 0.395. The van der Waals surface area contributed by atoms with Gasteiger partial charge in [-0.25, -0.2) is 13.8 Å². The molecule has 0 bridgehead atoms. The minimum atomic E-state index is -4.00. The smallest absolute Gasteiger partial charge is 0.264 e. The lowest BCUT2D eigenvalue weighted by Gasteiger charge is -2.23. The molecule has 0 saturated heterocycles. The summed E-state index contributed by atoms with van der Waals surface area (Å²) in [5.41, 5.74) is 3.26. The standard InChI is InChI=1S/C22H19N5O4S/c23-12-14-31-20-10-8-18(9-11-20)15-25-26-22(28)17-27(19-5-4-13-24-16-19)32(29,30)21-6-2-1-3-7-21/h1-11,13,15-16H,14,17H2,(H,26,28)/b25-15-. The first-order valence-electron chi connectivity index (χ1n) is 9.40. The average Bonchev–Trinajstić information content (AvgIpc) is 2.83. The Morgan fingerprint density at radius 1 is 1.12 bits per heavy atom. The molecule has 1 aromatic heterocycles. The van der Waals surface area contributed by atoms with Gasteiger partial charge in [0.15, 0.2) is 6.61 Å². The van der Waals surface area contributed by atoms with Crippen molar-refractivity contribution in [3.05, 3.63) is 84.7 Å². The molecule has 9 nitrogen and oxygen atoms in total. The van der Waals surface area contributed by atoms with E-state index in [1.54, 1.807) is 54.6 Å². The zero-order valence-corrected chi connectivity index (χ0v) is 17.6. The van der Waals surface area contributed by atoms with Crippen molar-refractivity contribution in [3.63, 3.8) is 0 Å². The summed E-state index contributed by atoms with van der Waals surface area (Å²) in [6, 6.07) is 19.6. The molecule has 1 N–H and O–H groups in total. The van der Waals surface area contributed by atoms with E-state index in [1.807, 2.05) is 6.07 Å². The number of aromatic nitrogens is 1. The highest BCUT2D eigenvalue weighted by Crippen LogP contribution is 2.22. The van der Waals surface area contributed by atoms with Gasteiger partial charge in [-0.3, -0.25) is 14.1 Å². The Bertz CT molecular complexity index is 1210.